The zero-order valence-corrected chi connectivity index (χ0v) is 5.01. The largest absolute Gasteiger partial charge is 0.0422 e. The van der Waals surface area contributed by atoms with Crippen molar-refractivity contribution in [3.05, 3.63) is 30.7 Å². The Labute approximate surface area is 50.9 Å². The van der Waals surface area contributed by atoms with E-state index in [0.717, 1.165) is 0 Å². The van der Waals surface area contributed by atoms with Crippen molar-refractivity contribution >= 4 is 0 Å². The van der Waals surface area contributed by atoms with Crippen LogP contribution in [0.3, 0.4) is 0 Å². The highest BCUT2D eigenvalue weighted by Gasteiger charge is 1.89. The molecule has 0 amide bonds. The molecule has 0 radical (unpaired) electrons. The average Bonchev–Trinajstić information content (AvgIpc) is 1.62. The van der Waals surface area contributed by atoms with Gasteiger partial charge in [0.25, 0.3) is 0 Å². The molecule has 0 nitrogen and oxygen atoms in total. The van der Waals surface area contributed by atoms with Gasteiger partial charge >= 0.3 is 0 Å². The molecule has 42 valence electrons. The molecule has 0 saturated carbocycles. The molecule has 0 fully saturated rings. The fourth-order valence-electron chi connectivity index (χ4n) is 0.767. The summed E-state index contributed by atoms with van der Waals surface area (Å²) < 4.78 is 0. The fraction of sp³-hybridized carbons (Fsp3) is 0.375. The van der Waals surface area contributed by atoms with E-state index in [1.165, 1.54) is 19.3 Å². The van der Waals surface area contributed by atoms with Crippen LogP contribution in [0.15, 0.2) is 24.3 Å². The van der Waals surface area contributed by atoms with Gasteiger partial charge in [-0.25, -0.2) is 0 Å². The van der Waals surface area contributed by atoms with Gasteiger partial charge in [-0.15, -0.1) is 0 Å². The Balaban J connectivity index is 2.31. The first-order chi connectivity index (χ1) is 4.00. The molecule has 0 unspecified atom stereocenters. The minimum Gasteiger partial charge on any atom is -0.0230 e. The normalized spacial score (nSPS) is 23.0. The Kier molecular flexibility index (Phi) is 2.31. The molecule has 0 aromatic heterocycles. The van der Waals surface area contributed by atoms with Crippen LogP contribution in [-0.4, -0.2) is 0 Å². The highest BCUT2D eigenvalue weighted by atomic mass is 13.9. The zero-order chi connectivity index (χ0) is 5.66. The van der Waals surface area contributed by atoms with Crippen molar-refractivity contribution in [1.82, 2.24) is 0 Å². The molecule has 0 aliphatic heterocycles. The molecule has 1 aliphatic carbocycles. The van der Waals surface area contributed by atoms with Gasteiger partial charge in [0.05, 0.1) is 0 Å². The van der Waals surface area contributed by atoms with E-state index in [0.29, 0.717) is 0 Å². The molecule has 0 heterocycles. The second-order valence-electron chi connectivity index (χ2n) is 1.98. The first kappa shape index (κ1) is 5.49. The van der Waals surface area contributed by atoms with Crippen molar-refractivity contribution in [2.45, 2.75) is 19.3 Å². The SMILES string of the molecule is C1=CCCC/C=C\[CH+]1. The third-order valence-electron chi connectivity index (χ3n) is 1.24. The molecular formula is C8H11+. The first-order valence-electron chi connectivity index (χ1n) is 3.15. The van der Waals surface area contributed by atoms with Gasteiger partial charge in [-0.2, -0.15) is 0 Å². The summed E-state index contributed by atoms with van der Waals surface area (Å²) in [5.74, 6) is 0. The third-order valence-corrected chi connectivity index (χ3v) is 1.24. The molecule has 0 spiro atoms. The molecule has 1 rings (SSSR count). The van der Waals surface area contributed by atoms with Crippen LogP contribution in [-0.2, 0) is 0 Å². The van der Waals surface area contributed by atoms with Crippen LogP contribution in [0.5, 0.6) is 0 Å². The van der Waals surface area contributed by atoms with E-state index >= 15 is 0 Å². The van der Waals surface area contributed by atoms with Gasteiger partial charge in [0.1, 0.15) is 0 Å². The van der Waals surface area contributed by atoms with Crippen LogP contribution in [0.1, 0.15) is 19.3 Å². The summed E-state index contributed by atoms with van der Waals surface area (Å²) in [7, 11) is 0. The van der Waals surface area contributed by atoms with Crippen molar-refractivity contribution in [2.24, 2.45) is 0 Å². The summed E-state index contributed by atoms with van der Waals surface area (Å²) in [6, 6.07) is 0. The second kappa shape index (κ2) is 3.36. The van der Waals surface area contributed by atoms with Gasteiger partial charge < -0.3 is 0 Å². The Bertz CT molecular complexity index is 86.6. The lowest BCUT2D eigenvalue weighted by Crippen LogP contribution is -1.73. The van der Waals surface area contributed by atoms with Crippen molar-refractivity contribution in [1.29, 1.82) is 0 Å². The average molecular weight is 107 g/mol. The lowest BCUT2D eigenvalue weighted by atomic mass is 10.1. The third kappa shape index (κ3) is 1.87. The van der Waals surface area contributed by atoms with Crippen LogP contribution in [0, 0.1) is 6.42 Å². The van der Waals surface area contributed by atoms with Gasteiger partial charge in [-0.3, -0.25) is 0 Å². The quantitative estimate of drug-likeness (QED) is 0.417. The molecule has 0 bridgehead atoms. The lowest BCUT2D eigenvalue weighted by molar-refractivity contribution is 0.863. The predicted molar refractivity (Wildman–Crippen MR) is 36.4 cm³/mol. The molecule has 0 heteroatoms. The number of rotatable bonds is 0. The monoisotopic (exact) mass is 107 g/mol. The minimum atomic E-state index is 1.24. The molecule has 0 aromatic carbocycles. The first-order valence-corrected chi connectivity index (χ1v) is 3.15. The topological polar surface area (TPSA) is 0 Å². The van der Waals surface area contributed by atoms with Crippen molar-refractivity contribution in [3.63, 3.8) is 0 Å². The Morgan fingerprint density at radius 2 is 1.62 bits per heavy atom. The van der Waals surface area contributed by atoms with Crippen molar-refractivity contribution < 1.29 is 0 Å². The van der Waals surface area contributed by atoms with Gasteiger partial charge in [0.2, 0.25) is 0 Å². The van der Waals surface area contributed by atoms with E-state index in [9.17, 15) is 0 Å². The Hall–Kier alpha value is -0.650. The van der Waals surface area contributed by atoms with Gasteiger partial charge in [-0.05, 0) is 6.42 Å². The van der Waals surface area contributed by atoms with Gasteiger partial charge in [-0.1, -0.05) is 0 Å². The van der Waals surface area contributed by atoms with E-state index in [4.69, 9.17) is 0 Å². The van der Waals surface area contributed by atoms with E-state index < -0.39 is 0 Å². The second-order valence-corrected chi connectivity index (χ2v) is 1.98. The maximum Gasteiger partial charge on any atom is 0.0422 e. The minimum absolute atomic E-state index is 1.24. The van der Waals surface area contributed by atoms with Gasteiger partial charge in [0.15, 0.2) is 0 Å². The highest BCUT2D eigenvalue weighted by molar-refractivity contribution is 5.09. The number of hydrogen-bond acceptors (Lipinski definition) is 0. The molecule has 0 N–H and O–H groups in total. The van der Waals surface area contributed by atoms with Crippen LogP contribution in [0.2, 0.25) is 0 Å². The summed E-state index contributed by atoms with van der Waals surface area (Å²) >= 11 is 0. The highest BCUT2D eigenvalue weighted by Crippen LogP contribution is 2.02. The summed E-state index contributed by atoms with van der Waals surface area (Å²) in [5, 5.41) is 0. The van der Waals surface area contributed by atoms with E-state index in [1.807, 2.05) is 0 Å². The molecule has 0 atom stereocenters. The molecule has 0 saturated heterocycles. The van der Waals surface area contributed by atoms with E-state index in [2.05, 4.69) is 30.7 Å². The number of allylic oxidation sites excluding steroid dienone is 4. The Morgan fingerprint density at radius 3 is 2.25 bits per heavy atom. The van der Waals surface area contributed by atoms with E-state index in [-0.39, 0.29) is 0 Å². The molecular weight excluding hydrogens is 96.1 g/mol. The lowest BCUT2D eigenvalue weighted by Gasteiger charge is -1.86. The van der Waals surface area contributed by atoms with Crippen LogP contribution >= 0.6 is 0 Å². The fourth-order valence-corrected chi connectivity index (χ4v) is 0.767. The maximum atomic E-state index is 2.21. The zero-order valence-electron chi connectivity index (χ0n) is 5.01. The Morgan fingerprint density at radius 1 is 1.00 bits per heavy atom. The number of hydrogen-bond donors (Lipinski definition) is 0. The van der Waals surface area contributed by atoms with Crippen LogP contribution in [0.25, 0.3) is 0 Å². The molecule has 8 heavy (non-hydrogen) atoms. The summed E-state index contributed by atoms with van der Waals surface area (Å²) in [5.41, 5.74) is 0. The summed E-state index contributed by atoms with van der Waals surface area (Å²) in [6.45, 7) is 0. The van der Waals surface area contributed by atoms with Crippen molar-refractivity contribution in [2.75, 3.05) is 0 Å². The van der Waals surface area contributed by atoms with Gasteiger partial charge in [0, 0.05) is 43.6 Å². The molecule has 0 aromatic rings. The standard InChI is InChI=1S/C8H11/c1-2-4-6-8-7-5-3-1/h1-5H,6-8H2/q+1/b4-2-,5-3?. The predicted octanol–water partition coefficient (Wildman–Crippen LogP) is 2.49. The van der Waals surface area contributed by atoms with Crippen molar-refractivity contribution in [3.8, 4) is 0 Å². The summed E-state index contributed by atoms with van der Waals surface area (Å²) in [4.78, 5) is 0. The molecule has 1 aliphatic rings. The summed E-state index contributed by atoms with van der Waals surface area (Å²) in [6.07, 6.45) is 14.5. The van der Waals surface area contributed by atoms with Crippen LogP contribution < -0.4 is 0 Å². The van der Waals surface area contributed by atoms with E-state index in [1.54, 1.807) is 0 Å². The smallest absolute Gasteiger partial charge is 0.0230 e. The van der Waals surface area contributed by atoms with Crippen LogP contribution in [0.4, 0.5) is 0 Å². The maximum absolute atomic E-state index is 2.21.